The summed E-state index contributed by atoms with van der Waals surface area (Å²) >= 11 is 0. The Morgan fingerprint density at radius 3 is 2.45 bits per heavy atom. The SMILES string of the molecule is CC[C@H]1/C=C/C=C\C(O)=C\C(O)=CC(=O)[C@]2(O)C(O)=C(C(N)=O)C(=O)C[C@@H]2CC1. The number of rotatable bonds is 2. The standard InChI is InChI=1S/C21H25NO7/c1-2-12-5-3-4-6-14(23)10-15(24)11-17(26)21(29)13(8-7-12)9-16(25)18(19(21)27)20(22)28/h3-6,10-13,23-24,27,29H,2,7-9H2,1H3,(H2,22,28)/b5-3+,6-4-,14-10-,15-11?/t12-,13-,21-/m0/s1. The molecule has 1 amide bonds. The summed E-state index contributed by atoms with van der Waals surface area (Å²) in [7, 11) is 0. The Bertz CT molecular complexity index is 862. The smallest absolute Gasteiger partial charge is 0.255 e. The highest BCUT2D eigenvalue weighted by Crippen LogP contribution is 2.40. The van der Waals surface area contributed by atoms with Crippen LogP contribution in [0.4, 0.5) is 0 Å². The number of allylic oxidation sites excluding steroid dienone is 5. The zero-order valence-corrected chi connectivity index (χ0v) is 16.0. The van der Waals surface area contributed by atoms with Crippen molar-refractivity contribution in [3.63, 3.8) is 0 Å². The van der Waals surface area contributed by atoms with E-state index in [2.05, 4.69) is 0 Å². The van der Waals surface area contributed by atoms with Gasteiger partial charge in [0.15, 0.2) is 17.2 Å². The van der Waals surface area contributed by atoms with Crippen LogP contribution in [0.3, 0.4) is 0 Å². The van der Waals surface area contributed by atoms with E-state index >= 15 is 0 Å². The number of ketones is 2. The molecule has 156 valence electrons. The summed E-state index contributed by atoms with van der Waals surface area (Å²) in [5.41, 5.74) is 1.73. The highest BCUT2D eigenvalue weighted by atomic mass is 16.3. The Labute approximate surface area is 168 Å². The first-order valence-electron chi connectivity index (χ1n) is 9.30. The molecule has 0 aliphatic heterocycles. The fourth-order valence-corrected chi connectivity index (χ4v) is 3.59. The van der Waals surface area contributed by atoms with E-state index in [9.17, 15) is 34.8 Å². The van der Waals surface area contributed by atoms with E-state index < -0.39 is 46.1 Å². The molecule has 0 unspecified atom stereocenters. The first-order chi connectivity index (χ1) is 13.6. The van der Waals surface area contributed by atoms with Crippen LogP contribution >= 0.6 is 0 Å². The summed E-state index contributed by atoms with van der Waals surface area (Å²) in [5.74, 6) is -6.23. The van der Waals surface area contributed by atoms with E-state index in [4.69, 9.17) is 5.73 Å². The summed E-state index contributed by atoms with van der Waals surface area (Å²) in [6.45, 7) is 1.95. The maximum absolute atomic E-state index is 12.8. The number of amides is 1. The number of aliphatic hydroxyl groups is 4. The fraction of sp³-hybridized carbons (Fsp3) is 0.381. The topological polar surface area (TPSA) is 158 Å². The summed E-state index contributed by atoms with van der Waals surface area (Å²) in [6.07, 6.45) is 9.06. The number of carbonyl (C=O) groups excluding carboxylic acids is 3. The molecule has 29 heavy (non-hydrogen) atoms. The van der Waals surface area contributed by atoms with Gasteiger partial charge in [0.05, 0.1) is 0 Å². The molecule has 0 saturated heterocycles. The summed E-state index contributed by atoms with van der Waals surface area (Å²) in [4.78, 5) is 36.7. The lowest BCUT2D eigenvalue weighted by Crippen LogP contribution is -2.53. The number of Topliss-reactive ketones (excluding diaryl/α,β-unsaturated/α-hetero) is 1. The average molecular weight is 403 g/mol. The molecule has 0 fully saturated rings. The fourth-order valence-electron chi connectivity index (χ4n) is 3.59. The molecular formula is C21H25NO7. The molecule has 3 atom stereocenters. The first-order valence-corrected chi connectivity index (χ1v) is 9.30. The minimum Gasteiger partial charge on any atom is -0.508 e. The van der Waals surface area contributed by atoms with Crippen molar-refractivity contribution in [2.75, 3.05) is 0 Å². The number of primary amides is 1. The van der Waals surface area contributed by atoms with Gasteiger partial charge in [-0.1, -0.05) is 25.2 Å². The quantitative estimate of drug-likeness (QED) is 0.441. The highest BCUT2D eigenvalue weighted by Gasteiger charge is 2.53. The van der Waals surface area contributed by atoms with Crippen LogP contribution < -0.4 is 5.73 Å². The van der Waals surface area contributed by atoms with Gasteiger partial charge in [-0.2, -0.15) is 0 Å². The van der Waals surface area contributed by atoms with E-state index in [0.29, 0.717) is 12.5 Å². The lowest BCUT2D eigenvalue weighted by Gasteiger charge is -2.37. The molecule has 8 heteroatoms. The van der Waals surface area contributed by atoms with E-state index in [1.54, 1.807) is 12.2 Å². The van der Waals surface area contributed by atoms with Crippen molar-refractivity contribution < 1.29 is 34.8 Å². The van der Waals surface area contributed by atoms with Gasteiger partial charge in [0.2, 0.25) is 0 Å². The van der Waals surface area contributed by atoms with Gasteiger partial charge >= 0.3 is 0 Å². The van der Waals surface area contributed by atoms with E-state index in [1.165, 1.54) is 6.08 Å². The Balaban J connectivity index is 2.63. The van der Waals surface area contributed by atoms with Crippen molar-refractivity contribution >= 4 is 17.5 Å². The van der Waals surface area contributed by atoms with Crippen LogP contribution in [-0.4, -0.2) is 43.5 Å². The van der Waals surface area contributed by atoms with Crippen molar-refractivity contribution in [1.82, 2.24) is 0 Å². The monoisotopic (exact) mass is 403 g/mol. The Hall–Kier alpha value is -3.13. The van der Waals surface area contributed by atoms with Crippen LogP contribution in [-0.2, 0) is 14.4 Å². The van der Waals surface area contributed by atoms with Crippen molar-refractivity contribution in [1.29, 1.82) is 0 Å². The lowest BCUT2D eigenvalue weighted by molar-refractivity contribution is -0.142. The molecular weight excluding hydrogens is 378 g/mol. The minimum absolute atomic E-state index is 0.0516. The third-order valence-electron chi connectivity index (χ3n) is 5.27. The second-order valence-corrected chi connectivity index (χ2v) is 7.17. The third-order valence-corrected chi connectivity index (χ3v) is 5.27. The van der Waals surface area contributed by atoms with Crippen molar-refractivity contribution in [2.45, 2.75) is 38.2 Å². The predicted octanol–water partition coefficient (Wildman–Crippen LogP) is 1.99. The average Bonchev–Trinajstić information content (AvgIpc) is 2.63. The van der Waals surface area contributed by atoms with Gasteiger partial charge in [-0.3, -0.25) is 14.4 Å². The molecule has 0 radical (unpaired) electrons. The molecule has 6 N–H and O–H groups in total. The molecule has 0 heterocycles. The zero-order chi connectivity index (χ0) is 21.8. The molecule has 0 aromatic rings. The number of carbonyl (C=O) groups is 3. The lowest BCUT2D eigenvalue weighted by atomic mass is 9.69. The molecule has 0 aromatic heterocycles. The third kappa shape index (κ3) is 4.65. The molecule has 2 aliphatic rings. The minimum atomic E-state index is -2.60. The van der Waals surface area contributed by atoms with Gasteiger partial charge < -0.3 is 26.2 Å². The number of nitrogens with two attached hydrogens (primary N) is 1. The zero-order valence-electron chi connectivity index (χ0n) is 16.0. The van der Waals surface area contributed by atoms with Gasteiger partial charge in [-0.25, -0.2) is 0 Å². The van der Waals surface area contributed by atoms with Crippen LogP contribution in [0.2, 0.25) is 0 Å². The molecule has 2 rings (SSSR count). The van der Waals surface area contributed by atoms with E-state index in [-0.39, 0.29) is 24.5 Å². The Kier molecular flexibility index (Phi) is 6.81. The largest absolute Gasteiger partial charge is 0.508 e. The molecule has 0 aromatic carbocycles. The summed E-state index contributed by atoms with van der Waals surface area (Å²) in [6, 6.07) is 0. The second kappa shape index (κ2) is 8.91. The maximum atomic E-state index is 12.8. The molecule has 2 aliphatic carbocycles. The summed E-state index contributed by atoms with van der Waals surface area (Å²) < 4.78 is 0. The Morgan fingerprint density at radius 2 is 1.83 bits per heavy atom. The van der Waals surface area contributed by atoms with Crippen molar-refractivity contribution in [2.24, 2.45) is 17.6 Å². The first kappa shape index (κ1) is 22.2. The van der Waals surface area contributed by atoms with Crippen LogP contribution in [0.25, 0.3) is 0 Å². The van der Waals surface area contributed by atoms with Crippen molar-refractivity contribution in [3.8, 4) is 0 Å². The van der Waals surface area contributed by atoms with Crippen LogP contribution in [0, 0.1) is 11.8 Å². The Morgan fingerprint density at radius 1 is 1.14 bits per heavy atom. The normalized spacial score (nSPS) is 33.0. The molecule has 0 bridgehead atoms. The van der Waals surface area contributed by atoms with Gasteiger partial charge in [-0.15, -0.1) is 0 Å². The van der Waals surface area contributed by atoms with Crippen LogP contribution in [0.1, 0.15) is 32.6 Å². The summed E-state index contributed by atoms with van der Waals surface area (Å²) in [5, 5.41) is 41.4. The maximum Gasteiger partial charge on any atom is 0.255 e. The van der Waals surface area contributed by atoms with Gasteiger partial charge in [0.1, 0.15) is 22.9 Å². The van der Waals surface area contributed by atoms with Crippen LogP contribution in [0.15, 0.2) is 59.3 Å². The number of hydrogen-bond donors (Lipinski definition) is 5. The second-order valence-electron chi connectivity index (χ2n) is 7.17. The van der Waals surface area contributed by atoms with Gasteiger partial charge in [0.25, 0.3) is 5.91 Å². The van der Waals surface area contributed by atoms with Gasteiger partial charge in [0, 0.05) is 24.5 Å². The molecule has 0 saturated carbocycles. The number of hydrogen-bond acceptors (Lipinski definition) is 7. The number of aliphatic hydroxyl groups excluding tert-OH is 3. The van der Waals surface area contributed by atoms with E-state index in [1.807, 2.05) is 13.0 Å². The number of fused-ring (bicyclic) bond motifs is 1. The highest BCUT2D eigenvalue weighted by molar-refractivity contribution is 6.21. The molecule has 0 spiro atoms. The van der Waals surface area contributed by atoms with Crippen molar-refractivity contribution in [3.05, 3.63) is 59.3 Å². The van der Waals surface area contributed by atoms with Gasteiger partial charge in [-0.05, 0) is 31.3 Å². The van der Waals surface area contributed by atoms with E-state index in [0.717, 1.165) is 12.5 Å². The predicted molar refractivity (Wildman–Crippen MR) is 105 cm³/mol. The molecule has 8 nitrogen and oxygen atoms in total. The van der Waals surface area contributed by atoms with Crippen LogP contribution in [0.5, 0.6) is 0 Å².